The van der Waals surface area contributed by atoms with Gasteiger partial charge in [0, 0.05) is 19.1 Å². The molecule has 1 aliphatic heterocycles. The molecule has 0 spiro atoms. The molecular weight excluding hydrogens is 335 g/mol. The molecule has 1 amide bonds. The first kappa shape index (κ1) is 18.7. The maximum atomic E-state index is 13.7. The molecule has 0 saturated carbocycles. The smallest absolute Gasteiger partial charge is 0.410 e. The van der Waals surface area contributed by atoms with Crippen LogP contribution in [0.5, 0.6) is 0 Å². The summed E-state index contributed by atoms with van der Waals surface area (Å²) in [6, 6.07) is 5.68. The van der Waals surface area contributed by atoms with Gasteiger partial charge in [-0.05, 0) is 51.8 Å². The molecular formula is C16H22FN2O4S. The molecule has 2 rings (SSSR count). The minimum atomic E-state index is -3.95. The molecule has 1 fully saturated rings. The van der Waals surface area contributed by atoms with E-state index in [-0.39, 0.29) is 6.04 Å². The highest BCUT2D eigenvalue weighted by molar-refractivity contribution is 7.89. The van der Waals surface area contributed by atoms with Gasteiger partial charge in [0.15, 0.2) is 0 Å². The maximum Gasteiger partial charge on any atom is 0.410 e. The van der Waals surface area contributed by atoms with Crippen LogP contribution < -0.4 is 4.72 Å². The average molecular weight is 357 g/mol. The van der Waals surface area contributed by atoms with Gasteiger partial charge in [0.25, 0.3) is 0 Å². The van der Waals surface area contributed by atoms with Crippen LogP contribution in [-0.2, 0) is 14.8 Å². The summed E-state index contributed by atoms with van der Waals surface area (Å²) >= 11 is 0. The maximum absolute atomic E-state index is 13.7. The summed E-state index contributed by atoms with van der Waals surface area (Å²) < 4.78 is 45.9. The van der Waals surface area contributed by atoms with Crippen molar-refractivity contribution >= 4 is 16.1 Å². The molecule has 24 heavy (non-hydrogen) atoms. The van der Waals surface area contributed by atoms with Gasteiger partial charge in [-0.3, -0.25) is 0 Å². The highest BCUT2D eigenvalue weighted by atomic mass is 32.2. The molecule has 133 valence electrons. The van der Waals surface area contributed by atoms with Crippen LogP contribution in [0.1, 0.15) is 33.6 Å². The van der Waals surface area contributed by atoms with Crippen LogP contribution in [0, 0.1) is 11.9 Å². The summed E-state index contributed by atoms with van der Waals surface area (Å²) in [6.07, 6.45) is 0.473. The van der Waals surface area contributed by atoms with Crippen molar-refractivity contribution in [3.8, 4) is 0 Å². The first-order valence-corrected chi connectivity index (χ1v) is 9.23. The van der Waals surface area contributed by atoms with Crippen LogP contribution in [0.2, 0.25) is 0 Å². The highest BCUT2D eigenvalue weighted by Crippen LogP contribution is 2.19. The van der Waals surface area contributed by atoms with Gasteiger partial charge in [-0.1, -0.05) is 6.07 Å². The molecule has 8 heteroatoms. The number of hydrogen-bond acceptors (Lipinski definition) is 4. The van der Waals surface area contributed by atoms with E-state index in [4.69, 9.17) is 4.74 Å². The number of halogens is 1. The van der Waals surface area contributed by atoms with Crippen LogP contribution in [0.3, 0.4) is 0 Å². The van der Waals surface area contributed by atoms with Gasteiger partial charge in [0.05, 0.1) is 0 Å². The van der Waals surface area contributed by atoms with Crippen molar-refractivity contribution in [2.45, 2.75) is 50.2 Å². The number of rotatable bonds is 3. The second-order valence-electron chi connectivity index (χ2n) is 6.72. The number of nitrogens with zero attached hydrogens (tertiary/aromatic N) is 1. The molecule has 1 aromatic carbocycles. The lowest BCUT2D eigenvalue weighted by Gasteiger charge is -2.33. The minimum Gasteiger partial charge on any atom is -0.444 e. The van der Waals surface area contributed by atoms with Gasteiger partial charge in [-0.15, -0.1) is 0 Å². The fourth-order valence-corrected chi connectivity index (χ4v) is 3.74. The molecule has 1 aliphatic rings. The van der Waals surface area contributed by atoms with E-state index in [0.717, 1.165) is 12.1 Å². The summed E-state index contributed by atoms with van der Waals surface area (Å²) in [6.45, 7) is 6.13. The van der Waals surface area contributed by atoms with Crippen molar-refractivity contribution in [2.75, 3.05) is 13.1 Å². The van der Waals surface area contributed by atoms with Crippen molar-refractivity contribution in [1.82, 2.24) is 9.62 Å². The highest BCUT2D eigenvalue weighted by Gasteiger charge is 2.29. The largest absolute Gasteiger partial charge is 0.444 e. The monoisotopic (exact) mass is 357 g/mol. The van der Waals surface area contributed by atoms with E-state index >= 15 is 0 Å². The summed E-state index contributed by atoms with van der Waals surface area (Å²) in [5, 5.41) is 0. The Kier molecular flexibility index (Phi) is 5.49. The second kappa shape index (κ2) is 7.06. The predicted molar refractivity (Wildman–Crippen MR) is 86.4 cm³/mol. The lowest BCUT2D eigenvalue weighted by molar-refractivity contribution is 0.0203. The molecule has 1 heterocycles. The molecule has 0 aliphatic carbocycles. The van der Waals surface area contributed by atoms with Crippen molar-refractivity contribution in [3.05, 3.63) is 30.1 Å². The fraction of sp³-hybridized carbons (Fsp3) is 0.562. The van der Waals surface area contributed by atoms with E-state index in [1.807, 2.05) is 0 Å². The predicted octanol–water partition coefficient (Wildman–Crippen LogP) is 2.30. The number of carbonyl (C=O) groups excluding carboxylic acids is 1. The zero-order valence-electron chi connectivity index (χ0n) is 14.0. The van der Waals surface area contributed by atoms with Crippen LogP contribution in [0.4, 0.5) is 9.18 Å². The Bertz CT molecular complexity index is 692. The van der Waals surface area contributed by atoms with Gasteiger partial charge >= 0.3 is 6.09 Å². The Balaban J connectivity index is 1.94. The van der Waals surface area contributed by atoms with E-state index in [9.17, 15) is 17.6 Å². The quantitative estimate of drug-likeness (QED) is 0.901. The number of hydrogen-bond donors (Lipinski definition) is 1. The Hall–Kier alpha value is -1.67. The number of nitrogens with one attached hydrogen (secondary N) is 1. The molecule has 0 atom stereocenters. The zero-order chi connectivity index (χ0) is 18.0. The Labute approximate surface area is 142 Å². The normalized spacial score (nSPS) is 16.9. The number of carbonyl (C=O) groups is 1. The third kappa shape index (κ3) is 4.91. The Morgan fingerprint density at radius 2 is 2.00 bits per heavy atom. The topological polar surface area (TPSA) is 75.7 Å². The van der Waals surface area contributed by atoms with E-state index in [1.54, 1.807) is 25.7 Å². The molecule has 1 aromatic rings. The molecule has 0 aromatic heterocycles. The van der Waals surface area contributed by atoms with E-state index in [0.29, 0.717) is 25.9 Å². The van der Waals surface area contributed by atoms with Gasteiger partial charge in [-0.25, -0.2) is 22.3 Å². The third-order valence-electron chi connectivity index (χ3n) is 3.53. The summed E-state index contributed by atoms with van der Waals surface area (Å²) in [4.78, 5) is 13.1. The van der Waals surface area contributed by atoms with Gasteiger partial charge in [-0.2, -0.15) is 0 Å². The summed E-state index contributed by atoms with van der Waals surface area (Å²) in [5.74, 6) is -0.813. The molecule has 1 saturated heterocycles. The molecule has 6 nitrogen and oxygen atoms in total. The lowest BCUT2D eigenvalue weighted by Crippen LogP contribution is -2.47. The van der Waals surface area contributed by atoms with E-state index in [1.165, 1.54) is 6.07 Å². The molecule has 0 unspecified atom stereocenters. The number of amides is 1. The Morgan fingerprint density at radius 1 is 1.38 bits per heavy atom. The van der Waals surface area contributed by atoms with Crippen molar-refractivity contribution in [1.29, 1.82) is 0 Å². The minimum absolute atomic E-state index is 0.353. The number of sulfonamides is 1. The van der Waals surface area contributed by atoms with Gasteiger partial charge in [0.2, 0.25) is 10.0 Å². The van der Waals surface area contributed by atoms with Crippen molar-refractivity contribution in [3.63, 3.8) is 0 Å². The average Bonchev–Trinajstić information content (AvgIpc) is 2.46. The van der Waals surface area contributed by atoms with Crippen LogP contribution in [-0.4, -0.2) is 44.1 Å². The molecule has 0 bridgehead atoms. The van der Waals surface area contributed by atoms with Gasteiger partial charge in [0.1, 0.15) is 16.3 Å². The zero-order valence-corrected chi connectivity index (χ0v) is 14.8. The number of piperidine rings is 1. The second-order valence-corrected chi connectivity index (χ2v) is 8.40. The summed E-state index contributed by atoms with van der Waals surface area (Å²) in [7, 11) is -3.95. The number of benzene rings is 1. The van der Waals surface area contributed by atoms with Crippen LogP contribution in [0.25, 0.3) is 0 Å². The molecule has 1 N–H and O–H groups in total. The van der Waals surface area contributed by atoms with E-state index in [2.05, 4.69) is 10.8 Å². The van der Waals surface area contributed by atoms with Gasteiger partial charge < -0.3 is 9.64 Å². The SMILES string of the molecule is CC(C)(C)OC(=O)N1CCC(NS(=O)(=O)c2c[c]ccc2F)CC1. The standard InChI is InChI=1S/C16H22FN2O4S/c1-16(2,3)23-15(20)19-10-8-12(9-11-19)18-24(21,22)14-7-5-4-6-13(14)17/h4,6-7,12,18H,8-11H2,1-3H3. The lowest BCUT2D eigenvalue weighted by atomic mass is 10.1. The summed E-state index contributed by atoms with van der Waals surface area (Å²) in [5.41, 5.74) is -0.573. The number of ether oxygens (including phenoxy) is 1. The third-order valence-corrected chi connectivity index (χ3v) is 5.07. The van der Waals surface area contributed by atoms with Crippen LogP contribution in [0.15, 0.2) is 23.1 Å². The van der Waals surface area contributed by atoms with Crippen LogP contribution >= 0.6 is 0 Å². The van der Waals surface area contributed by atoms with Crippen molar-refractivity contribution < 1.29 is 22.3 Å². The van der Waals surface area contributed by atoms with Crippen molar-refractivity contribution in [2.24, 2.45) is 0 Å². The Morgan fingerprint density at radius 3 is 2.54 bits per heavy atom. The number of likely N-dealkylation sites (tertiary alicyclic amines) is 1. The fourth-order valence-electron chi connectivity index (χ4n) is 2.39. The molecule has 1 radical (unpaired) electrons. The first-order chi connectivity index (χ1) is 11.1. The first-order valence-electron chi connectivity index (χ1n) is 7.74. The van der Waals surface area contributed by atoms with E-state index < -0.39 is 32.4 Å².